The first-order chi connectivity index (χ1) is 20.2. The fourth-order valence-corrected chi connectivity index (χ4v) is 5.06. The number of fused-ring (bicyclic) bond motifs is 1. The zero-order valence-corrected chi connectivity index (χ0v) is 24.0. The highest BCUT2D eigenvalue weighted by Gasteiger charge is 2.41. The number of pyridine rings is 1. The Morgan fingerprint density at radius 2 is 1.86 bits per heavy atom. The summed E-state index contributed by atoms with van der Waals surface area (Å²) in [5.74, 6) is -3.18. The van der Waals surface area contributed by atoms with E-state index in [0.29, 0.717) is 5.56 Å². The number of amides is 2. The highest BCUT2D eigenvalue weighted by molar-refractivity contribution is 6.39. The quantitative estimate of drug-likeness (QED) is 0.182. The number of aliphatic hydroxyl groups excluding tert-OH is 1. The zero-order valence-electron chi connectivity index (χ0n) is 22.5. The topological polar surface area (TPSA) is 141 Å². The maximum atomic E-state index is 13.1. The number of aliphatic hydroxyl groups is 1. The predicted octanol–water partition coefficient (Wildman–Crippen LogP) is 5.50. The first-order valence-corrected chi connectivity index (χ1v) is 13.9. The lowest BCUT2D eigenvalue weighted by Gasteiger charge is -2.30. The molecule has 234 valence electrons. The molecule has 0 unspecified atom stereocenters. The van der Waals surface area contributed by atoms with Crippen LogP contribution in [0.2, 0.25) is 10.0 Å². The molecule has 1 aromatic carbocycles. The molecule has 43 heavy (non-hydrogen) atoms. The van der Waals surface area contributed by atoms with Gasteiger partial charge in [0.1, 0.15) is 11.7 Å². The molecule has 1 saturated carbocycles. The fourth-order valence-electron chi connectivity index (χ4n) is 4.52. The van der Waals surface area contributed by atoms with Crippen molar-refractivity contribution in [3.63, 3.8) is 0 Å². The van der Waals surface area contributed by atoms with Gasteiger partial charge in [0.05, 0.1) is 27.2 Å². The van der Waals surface area contributed by atoms with E-state index in [-0.39, 0.29) is 70.6 Å². The van der Waals surface area contributed by atoms with E-state index in [1.807, 2.05) is 0 Å². The van der Waals surface area contributed by atoms with Gasteiger partial charge < -0.3 is 30.8 Å². The molecule has 2 amide bonds. The maximum absolute atomic E-state index is 13.1. The van der Waals surface area contributed by atoms with E-state index in [1.165, 1.54) is 19.1 Å². The van der Waals surface area contributed by atoms with E-state index in [9.17, 15) is 36.6 Å². The lowest BCUT2D eigenvalue weighted by molar-refractivity contribution is -0.182. The molecule has 0 aliphatic heterocycles. The number of carbonyl (C=O) groups excluding carboxylic acids is 2. The van der Waals surface area contributed by atoms with Crippen molar-refractivity contribution in [1.29, 1.82) is 0 Å². The molecule has 0 saturated heterocycles. The van der Waals surface area contributed by atoms with Crippen LogP contribution < -0.4 is 20.7 Å². The molecule has 2 aromatic heterocycles. The number of alkyl halides is 5. The Kier molecular flexibility index (Phi) is 10.2. The molecule has 3 aromatic rings. The van der Waals surface area contributed by atoms with Crippen molar-refractivity contribution in [2.45, 2.75) is 63.9 Å². The summed E-state index contributed by atoms with van der Waals surface area (Å²) in [5, 5.41) is 17.8. The van der Waals surface area contributed by atoms with Gasteiger partial charge in [0.2, 0.25) is 17.7 Å². The third-order valence-corrected chi connectivity index (χ3v) is 7.55. The lowest BCUT2D eigenvalue weighted by atomic mass is 9.85. The summed E-state index contributed by atoms with van der Waals surface area (Å²) in [7, 11) is 0. The summed E-state index contributed by atoms with van der Waals surface area (Å²) in [4.78, 5) is 36.1. The lowest BCUT2D eigenvalue weighted by Crippen LogP contribution is -2.40. The van der Waals surface area contributed by atoms with Gasteiger partial charge in [-0.15, -0.1) is 0 Å². The van der Waals surface area contributed by atoms with E-state index in [2.05, 4.69) is 30.9 Å². The van der Waals surface area contributed by atoms with Gasteiger partial charge in [0.25, 0.3) is 12.3 Å². The Morgan fingerprint density at radius 3 is 2.49 bits per heavy atom. The van der Waals surface area contributed by atoms with Crippen LogP contribution in [0.5, 0.6) is 5.88 Å². The van der Waals surface area contributed by atoms with Gasteiger partial charge in [-0.25, -0.2) is 8.78 Å². The molecular weight excluding hydrogens is 626 g/mol. The number of nitrogens with one attached hydrogen (secondary N) is 4. The first kappa shape index (κ1) is 32.5. The van der Waals surface area contributed by atoms with Crippen LogP contribution in [-0.4, -0.2) is 63.2 Å². The van der Waals surface area contributed by atoms with Gasteiger partial charge in [-0.3, -0.25) is 9.59 Å². The van der Waals surface area contributed by atoms with Crippen LogP contribution in [-0.2, 0) is 11.3 Å². The highest BCUT2D eigenvalue weighted by Crippen LogP contribution is 2.38. The summed E-state index contributed by atoms with van der Waals surface area (Å²) in [6.07, 6.45) is -8.50. The smallest absolute Gasteiger partial charge is 0.391 e. The van der Waals surface area contributed by atoms with Gasteiger partial charge in [-0.05, 0) is 50.3 Å². The zero-order chi connectivity index (χ0) is 31.5. The molecule has 0 radical (unpaired) electrons. The average Bonchev–Trinajstić information content (AvgIpc) is 3.34. The van der Waals surface area contributed by atoms with Crippen molar-refractivity contribution in [2.75, 3.05) is 11.9 Å². The van der Waals surface area contributed by atoms with E-state index in [4.69, 9.17) is 27.9 Å². The highest BCUT2D eigenvalue weighted by atomic mass is 35.5. The number of ether oxygens (including phenoxy) is 1. The number of rotatable bonds is 10. The minimum Gasteiger partial charge on any atom is -0.471 e. The number of halogens is 7. The van der Waals surface area contributed by atoms with Crippen molar-refractivity contribution in [1.82, 2.24) is 25.6 Å². The number of carbonyl (C=O) groups is 2. The van der Waals surface area contributed by atoms with Crippen LogP contribution in [0.4, 0.5) is 33.6 Å². The van der Waals surface area contributed by atoms with Gasteiger partial charge in [0.15, 0.2) is 12.3 Å². The molecular formula is C26H27Cl2F5N6O4. The van der Waals surface area contributed by atoms with Gasteiger partial charge in [0, 0.05) is 12.6 Å². The molecule has 1 aliphatic carbocycles. The van der Waals surface area contributed by atoms with Crippen molar-refractivity contribution in [2.24, 2.45) is 5.92 Å². The molecule has 17 heteroatoms. The van der Waals surface area contributed by atoms with E-state index in [0.717, 1.165) is 0 Å². The second-order valence-corrected chi connectivity index (χ2v) is 10.8. The maximum Gasteiger partial charge on any atom is 0.391 e. The SMILES string of the molecule is C[C@H](O)C(=O)NCc1ccc(Cl)c(Nc2nc3nc(OCC(F)F)c(C(=O)N[C@H]4CC[C@H](C(F)(F)F)CC4)cc3[nH]2)c1Cl. The van der Waals surface area contributed by atoms with Crippen molar-refractivity contribution >= 4 is 57.8 Å². The van der Waals surface area contributed by atoms with Crippen molar-refractivity contribution in [3.05, 3.63) is 39.4 Å². The van der Waals surface area contributed by atoms with Crippen LogP contribution in [0.15, 0.2) is 18.2 Å². The second-order valence-electron chi connectivity index (χ2n) is 9.98. The van der Waals surface area contributed by atoms with Gasteiger partial charge in [-0.2, -0.15) is 23.1 Å². The summed E-state index contributed by atoms with van der Waals surface area (Å²) < 4.78 is 70.0. The van der Waals surface area contributed by atoms with Crippen LogP contribution in [0, 0.1) is 5.92 Å². The summed E-state index contributed by atoms with van der Waals surface area (Å²) in [5.41, 5.74) is 0.635. The molecule has 1 atom stereocenters. The molecule has 0 bridgehead atoms. The number of anilines is 2. The third kappa shape index (κ3) is 8.15. The number of aromatic amines is 1. The first-order valence-electron chi connectivity index (χ1n) is 13.1. The van der Waals surface area contributed by atoms with E-state index < -0.39 is 55.0 Å². The number of imidazole rings is 1. The van der Waals surface area contributed by atoms with E-state index >= 15 is 0 Å². The van der Waals surface area contributed by atoms with E-state index in [1.54, 1.807) is 6.07 Å². The Labute approximate surface area is 251 Å². The van der Waals surface area contributed by atoms with Crippen LogP contribution >= 0.6 is 23.2 Å². The van der Waals surface area contributed by atoms with Crippen molar-refractivity contribution in [3.8, 4) is 5.88 Å². The van der Waals surface area contributed by atoms with Crippen molar-refractivity contribution < 1.29 is 41.4 Å². The molecule has 5 N–H and O–H groups in total. The number of hydrogen-bond acceptors (Lipinski definition) is 7. The summed E-state index contributed by atoms with van der Waals surface area (Å²) >= 11 is 12.8. The number of H-pyrrole nitrogens is 1. The standard InChI is InChI=1S/C26H27Cl2F5N6O4/c1-11(40)22(41)34-9-12-2-7-16(27)20(19(12)28)37-25-36-17-8-15(24(38-21(17)39-25)43-10-18(29)30)23(42)35-14-5-3-13(4-6-14)26(31,32)33/h2,7-8,11,13-14,18,40H,3-6,9-10H2,1H3,(H,34,41)(H,35,42)(H2,36,37,38,39)/t11-,13-,14-/m0/s1. The second kappa shape index (κ2) is 13.5. The molecule has 0 spiro atoms. The summed E-state index contributed by atoms with van der Waals surface area (Å²) in [6.45, 7) is 0.231. The van der Waals surface area contributed by atoms with Gasteiger partial charge >= 0.3 is 6.18 Å². The minimum atomic E-state index is -4.31. The third-order valence-electron chi connectivity index (χ3n) is 6.80. The molecule has 1 aliphatic rings. The number of benzene rings is 1. The molecule has 2 heterocycles. The molecule has 4 rings (SSSR count). The Morgan fingerprint density at radius 1 is 1.16 bits per heavy atom. The Bertz CT molecular complexity index is 1480. The fraction of sp³-hybridized carbons (Fsp3) is 0.462. The minimum absolute atomic E-state index is 0.0124. The predicted molar refractivity (Wildman–Crippen MR) is 148 cm³/mol. The van der Waals surface area contributed by atoms with Crippen LogP contribution in [0.25, 0.3) is 11.2 Å². The number of nitrogens with zero attached hydrogens (tertiary/aromatic N) is 2. The Hall–Kier alpha value is -3.43. The number of hydrogen-bond donors (Lipinski definition) is 5. The summed E-state index contributed by atoms with van der Waals surface area (Å²) in [6, 6.07) is 3.82. The Balaban J connectivity index is 1.57. The van der Waals surface area contributed by atoms with Crippen LogP contribution in [0.3, 0.4) is 0 Å². The normalized spacial score (nSPS) is 18.0. The largest absolute Gasteiger partial charge is 0.471 e. The van der Waals surface area contributed by atoms with Gasteiger partial charge in [-0.1, -0.05) is 29.3 Å². The molecule has 10 nitrogen and oxygen atoms in total. The monoisotopic (exact) mass is 652 g/mol. The molecule has 1 fully saturated rings. The average molecular weight is 653 g/mol. The van der Waals surface area contributed by atoms with Crippen LogP contribution in [0.1, 0.15) is 48.5 Å². The number of aromatic nitrogens is 3.